The Morgan fingerprint density at radius 2 is 2.18 bits per heavy atom. The fraction of sp³-hybridized carbons (Fsp3) is 0.364. The first-order chi connectivity index (χ1) is 8.13. The minimum atomic E-state index is -0.993. The number of alkyl halides is 1. The predicted octanol–water partition coefficient (Wildman–Crippen LogP) is 1.43. The smallest absolute Gasteiger partial charge is 0.174 e. The van der Waals surface area contributed by atoms with Gasteiger partial charge in [0.1, 0.15) is 6.10 Å². The molecule has 0 bridgehead atoms. The van der Waals surface area contributed by atoms with Gasteiger partial charge in [-0.3, -0.25) is 0 Å². The van der Waals surface area contributed by atoms with Crippen LogP contribution in [-0.2, 0) is 0 Å². The molecule has 92 valence electrons. The first kappa shape index (κ1) is 12.2. The molecule has 0 spiro atoms. The van der Waals surface area contributed by atoms with Crippen LogP contribution in [0.3, 0.4) is 0 Å². The summed E-state index contributed by atoms with van der Waals surface area (Å²) in [6.45, 7) is 0. The topological polar surface area (TPSA) is 92.5 Å². The van der Waals surface area contributed by atoms with Crippen LogP contribution in [-0.4, -0.2) is 27.4 Å². The highest BCUT2D eigenvalue weighted by Gasteiger charge is 2.19. The van der Waals surface area contributed by atoms with E-state index in [2.05, 4.69) is 5.16 Å². The molecule has 0 saturated heterocycles. The lowest BCUT2D eigenvalue weighted by Gasteiger charge is -2.16. The van der Waals surface area contributed by atoms with Crippen molar-refractivity contribution >= 4 is 28.4 Å². The van der Waals surface area contributed by atoms with E-state index in [-0.39, 0.29) is 11.7 Å². The van der Waals surface area contributed by atoms with Crippen LogP contribution in [0.2, 0.25) is 0 Å². The molecule has 0 saturated carbocycles. The molecule has 1 heterocycles. The summed E-state index contributed by atoms with van der Waals surface area (Å²) in [5.74, 6) is 0.552. The molecule has 0 fully saturated rings. The maximum Gasteiger partial charge on any atom is 0.174 e. The van der Waals surface area contributed by atoms with E-state index in [1.165, 1.54) is 0 Å². The third-order valence-corrected chi connectivity index (χ3v) is 2.85. The van der Waals surface area contributed by atoms with E-state index in [9.17, 15) is 10.2 Å². The average Bonchev–Trinajstić information content (AvgIpc) is 2.70. The van der Waals surface area contributed by atoms with Gasteiger partial charge in [0.05, 0.1) is 11.5 Å². The first-order valence-corrected chi connectivity index (χ1v) is 5.74. The van der Waals surface area contributed by atoms with Crippen molar-refractivity contribution in [3.05, 3.63) is 23.8 Å². The largest absolute Gasteiger partial charge is 0.390 e. The zero-order valence-electron chi connectivity index (χ0n) is 9.01. The van der Waals surface area contributed by atoms with Crippen LogP contribution in [0, 0.1) is 0 Å². The number of nitrogen functional groups attached to an aromatic ring is 1. The summed E-state index contributed by atoms with van der Waals surface area (Å²) < 4.78 is 4.95. The van der Waals surface area contributed by atoms with E-state index in [1.807, 2.05) is 0 Å². The lowest BCUT2D eigenvalue weighted by atomic mass is 10.0. The lowest BCUT2D eigenvalue weighted by molar-refractivity contribution is 0.0171. The highest BCUT2D eigenvalue weighted by Crippen LogP contribution is 2.26. The number of halogens is 1. The average molecular weight is 257 g/mol. The third kappa shape index (κ3) is 2.36. The van der Waals surface area contributed by atoms with Crippen molar-refractivity contribution < 1.29 is 14.7 Å². The van der Waals surface area contributed by atoms with E-state index < -0.39 is 12.2 Å². The van der Waals surface area contributed by atoms with Gasteiger partial charge in [-0.2, -0.15) is 0 Å². The molecule has 6 heteroatoms. The van der Waals surface area contributed by atoms with Crippen molar-refractivity contribution in [3.8, 4) is 0 Å². The molecule has 17 heavy (non-hydrogen) atoms. The van der Waals surface area contributed by atoms with Crippen LogP contribution in [0.5, 0.6) is 0 Å². The molecule has 2 atom stereocenters. The number of rotatable bonds is 4. The highest BCUT2D eigenvalue weighted by atomic mass is 35.5. The summed E-state index contributed by atoms with van der Waals surface area (Å²) in [5, 5.41) is 23.8. The Bertz CT molecular complexity index is 514. The molecule has 5 nitrogen and oxygen atoms in total. The Labute approximate surface area is 103 Å². The highest BCUT2D eigenvalue weighted by molar-refractivity contribution is 6.17. The van der Waals surface area contributed by atoms with E-state index >= 15 is 0 Å². The molecule has 2 aromatic rings. The standard InChI is InChI=1S/C11H13ClN2O3/c12-4-3-8(15)10(16)6-1-2-9-7(5-6)11(13)14-17-9/h1-2,5,8,10,15-16H,3-4H2,(H2,13,14). The van der Waals surface area contributed by atoms with Gasteiger partial charge in [-0.25, -0.2) is 0 Å². The van der Waals surface area contributed by atoms with Gasteiger partial charge < -0.3 is 20.5 Å². The van der Waals surface area contributed by atoms with E-state index in [0.29, 0.717) is 23.0 Å². The minimum absolute atomic E-state index is 0.265. The summed E-state index contributed by atoms with van der Waals surface area (Å²) in [6, 6.07) is 4.98. The lowest BCUT2D eigenvalue weighted by Crippen LogP contribution is -2.18. The van der Waals surface area contributed by atoms with Crippen LogP contribution < -0.4 is 5.73 Å². The molecular weight excluding hydrogens is 244 g/mol. The molecular formula is C11H13ClN2O3. The number of hydrogen-bond donors (Lipinski definition) is 3. The fourth-order valence-electron chi connectivity index (χ4n) is 1.65. The Morgan fingerprint density at radius 1 is 1.41 bits per heavy atom. The number of nitrogens with zero attached hydrogens (tertiary/aromatic N) is 1. The van der Waals surface area contributed by atoms with Crippen molar-refractivity contribution in [3.63, 3.8) is 0 Å². The molecule has 0 aliphatic rings. The van der Waals surface area contributed by atoms with Crippen molar-refractivity contribution in [2.45, 2.75) is 18.6 Å². The normalized spacial score (nSPS) is 15.0. The van der Waals surface area contributed by atoms with Gasteiger partial charge in [0, 0.05) is 5.88 Å². The van der Waals surface area contributed by atoms with Gasteiger partial charge in [0.2, 0.25) is 0 Å². The van der Waals surface area contributed by atoms with E-state index in [0.717, 1.165) is 0 Å². The zero-order valence-corrected chi connectivity index (χ0v) is 9.76. The Kier molecular flexibility index (Phi) is 3.51. The number of aliphatic hydroxyl groups excluding tert-OH is 2. The molecule has 1 aromatic heterocycles. The van der Waals surface area contributed by atoms with Gasteiger partial charge in [-0.05, 0) is 24.1 Å². The van der Waals surface area contributed by atoms with Crippen molar-refractivity contribution in [2.24, 2.45) is 0 Å². The van der Waals surface area contributed by atoms with Crippen LogP contribution in [0.4, 0.5) is 5.82 Å². The number of fused-ring (bicyclic) bond motifs is 1. The van der Waals surface area contributed by atoms with Gasteiger partial charge >= 0.3 is 0 Å². The second-order valence-electron chi connectivity index (χ2n) is 3.81. The predicted molar refractivity (Wildman–Crippen MR) is 64.7 cm³/mol. The number of aromatic nitrogens is 1. The summed E-state index contributed by atoms with van der Waals surface area (Å²) in [7, 11) is 0. The molecule has 2 rings (SSSR count). The third-order valence-electron chi connectivity index (χ3n) is 2.63. The summed E-state index contributed by atoms with van der Waals surface area (Å²) in [5.41, 5.74) is 6.72. The Balaban J connectivity index is 2.32. The monoisotopic (exact) mass is 256 g/mol. The number of benzene rings is 1. The van der Waals surface area contributed by atoms with Crippen LogP contribution in [0.1, 0.15) is 18.1 Å². The van der Waals surface area contributed by atoms with Gasteiger partial charge in [0.25, 0.3) is 0 Å². The molecule has 0 aliphatic heterocycles. The quantitative estimate of drug-likeness (QED) is 0.720. The minimum Gasteiger partial charge on any atom is -0.390 e. The molecule has 0 amide bonds. The van der Waals surface area contributed by atoms with Crippen molar-refractivity contribution in [1.29, 1.82) is 0 Å². The van der Waals surface area contributed by atoms with Crippen LogP contribution >= 0.6 is 11.6 Å². The van der Waals surface area contributed by atoms with Crippen LogP contribution in [0.15, 0.2) is 22.7 Å². The summed E-state index contributed by atoms with van der Waals surface area (Å²) in [6.07, 6.45) is -1.57. The second-order valence-corrected chi connectivity index (χ2v) is 4.19. The zero-order chi connectivity index (χ0) is 12.4. The number of hydrogen-bond acceptors (Lipinski definition) is 5. The Hall–Kier alpha value is -1.30. The maximum atomic E-state index is 9.91. The Morgan fingerprint density at radius 3 is 2.88 bits per heavy atom. The SMILES string of the molecule is Nc1noc2ccc(C(O)C(O)CCCl)cc12. The van der Waals surface area contributed by atoms with Crippen molar-refractivity contribution in [1.82, 2.24) is 5.16 Å². The number of aliphatic hydroxyl groups is 2. The van der Waals surface area contributed by atoms with Crippen LogP contribution in [0.25, 0.3) is 11.0 Å². The first-order valence-electron chi connectivity index (χ1n) is 5.20. The van der Waals surface area contributed by atoms with Gasteiger partial charge in [-0.1, -0.05) is 11.2 Å². The molecule has 4 N–H and O–H groups in total. The van der Waals surface area contributed by atoms with Gasteiger partial charge in [-0.15, -0.1) is 11.6 Å². The number of anilines is 1. The molecule has 2 unspecified atom stereocenters. The van der Waals surface area contributed by atoms with E-state index in [4.69, 9.17) is 21.9 Å². The van der Waals surface area contributed by atoms with Crippen molar-refractivity contribution in [2.75, 3.05) is 11.6 Å². The second kappa shape index (κ2) is 4.91. The summed E-state index contributed by atoms with van der Waals surface area (Å²) in [4.78, 5) is 0. The fourth-order valence-corrected chi connectivity index (χ4v) is 1.87. The summed E-state index contributed by atoms with van der Waals surface area (Å²) >= 11 is 5.51. The molecule has 0 aliphatic carbocycles. The molecule has 1 aromatic carbocycles. The van der Waals surface area contributed by atoms with E-state index in [1.54, 1.807) is 18.2 Å². The number of nitrogens with two attached hydrogens (primary N) is 1. The maximum absolute atomic E-state index is 9.91. The van der Waals surface area contributed by atoms with Gasteiger partial charge in [0.15, 0.2) is 11.4 Å². The molecule has 0 radical (unpaired) electrons.